The van der Waals surface area contributed by atoms with E-state index in [1.165, 1.54) is 17.7 Å². The number of methoxy groups -OCH3 is 1. The minimum absolute atomic E-state index is 0.00913. The van der Waals surface area contributed by atoms with Gasteiger partial charge in [0.05, 0.1) is 44.2 Å². The van der Waals surface area contributed by atoms with Gasteiger partial charge in [0.2, 0.25) is 11.8 Å². The molecule has 10 rings (SSSR count). The van der Waals surface area contributed by atoms with Crippen LogP contribution < -0.4 is 34.2 Å². The fourth-order valence-corrected chi connectivity index (χ4v) is 14.1. The van der Waals surface area contributed by atoms with Gasteiger partial charge in [-0.1, -0.05) is 64.9 Å². The van der Waals surface area contributed by atoms with Crippen LogP contribution in [0.4, 0.5) is 22.7 Å². The highest BCUT2D eigenvalue weighted by Crippen LogP contribution is 2.43. The summed E-state index contributed by atoms with van der Waals surface area (Å²) in [5.41, 5.74) is 9.66. The van der Waals surface area contributed by atoms with Crippen LogP contribution in [-0.2, 0) is 61.1 Å². The van der Waals surface area contributed by atoms with Crippen LogP contribution in [0.3, 0.4) is 0 Å². The van der Waals surface area contributed by atoms with Crippen molar-refractivity contribution in [3.63, 3.8) is 0 Å². The van der Waals surface area contributed by atoms with Crippen LogP contribution in [-0.4, -0.2) is 122 Å². The van der Waals surface area contributed by atoms with Crippen molar-refractivity contribution < 1.29 is 52.5 Å². The number of carbonyl (C=O) groups excluding carboxylic acids is 6. The first-order valence-electron chi connectivity index (χ1n) is 29.4. The van der Waals surface area contributed by atoms with Crippen molar-refractivity contribution in [2.45, 2.75) is 116 Å². The van der Waals surface area contributed by atoms with E-state index in [2.05, 4.69) is 32.2 Å². The lowest BCUT2D eigenvalue weighted by Crippen LogP contribution is -2.38. The number of rotatable bonds is 28. The molecule has 17 nitrogen and oxygen atoms in total. The molecule has 0 aromatic heterocycles. The maximum absolute atomic E-state index is 14.8. The predicted octanol–water partition coefficient (Wildman–Crippen LogP) is 10.5. The Morgan fingerprint density at radius 1 is 0.753 bits per heavy atom. The summed E-state index contributed by atoms with van der Waals surface area (Å²) in [5.74, 6) is 0.995. The molecule has 0 spiro atoms. The third-order valence-electron chi connectivity index (χ3n) is 15.8. The molecule has 5 heterocycles. The molecule has 0 saturated heterocycles. The number of para-hydroxylation sites is 2. The Balaban J connectivity index is 0.866. The molecule has 2 atom stereocenters. The number of benzene rings is 5. The SMILES string of the molecule is CCCOCCOCCN(C(=O)CCC(C)(C)SSCCCC(=O)NCCN1C(=O)C=CC1=O)c1cc(COc2cc3c(cc2C)C(=O)N2c4ccccc4C[C@H]2CC3)cc(COc2cc3c(cc2OC)C(=O)N2c4ccccc4C[C@H]2C=N3)c1. The van der Waals surface area contributed by atoms with Crippen molar-refractivity contribution in [1.29, 1.82) is 0 Å². The molecule has 1 N–H and O–H groups in total. The lowest BCUT2D eigenvalue weighted by molar-refractivity contribution is -0.137. The Labute approximate surface area is 505 Å². The highest BCUT2D eigenvalue weighted by molar-refractivity contribution is 8.77. The number of aliphatic imine (C=N–C) groups is 1. The van der Waals surface area contributed by atoms with Gasteiger partial charge in [0.15, 0.2) is 11.5 Å². The van der Waals surface area contributed by atoms with Gasteiger partial charge in [0.1, 0.15) is 19.0 Å². The standard InChI is InChI=1S/C66H74N6O11S2/c1-6-26-80-28-29-81-27-25-69(63(76)21-22-66(3,4)85-84-30-11-16-60(73)67-23-24-70-61(74)19-20-62(70)75)50-33-44(41-82-57-37-46-17-18-49-35-47-12-7-9-14-55(47)71(49)64(77)52(46)31-43(57)2)32-45(34-50)42-83-59-39-54-53(38-58(59)79-5)65(78)72-51(40-68-54)36-48-13-8-10-15-56(48)72/h7-10,12-15,19-20,31-34,37-40,49,51H,6,11,16-18,21-30,35-36,41-42H2,1-5H3,(H,67,73)/t49-,51+/m1/s1. The van der Waals surface area contributed by atoms with Gasteiger partial charge in [-0.05, 0) is 141 Å². The van der Waals surface area contributed by atoms with E-state index in [1.54, 1.807) is 50.6 Å². The number of nitrogens with one attached hydrogen (secondary N) is 1. The normalized spacial score (nSPS) is 16.6. The van der Waals surface area contributed by atoms with Crippen molar-refractivity contribution in [1.82, 2.24) is 10.2 Å². The Kier molecular flexibility index (Phi) is 19.8. The van der Waals surface area contributed by atoms with Gasteiger partial charge < -0.3 is 38.8 Å². The second-order valence-electron chi connectivity index (χ2n) is 22.5. The largest absolute Gasteiger partial charge is 0.493 e. The molecular formula is C66H74N6O11S2. The molecule has 0 bridgehead atoms. The van der Waals surface area contributed by atoms with Crippen LogP contribution >= 0.6 is 21.6 Å². The Hall–Kier alpha value is -7.45. The van der Waals surface area contributed by atoms with Crippen LogP contribution in [0.25, 0.3) is 0 Å². The van der Waals surface area contributed by atoms with Gasteiger partial charge in [-0.3, -0.25) is 43.6 Å². The first-order chi connectivity index (χ1) is 41.2. The van der Waals surface area contributed by atoms with E-state index < -0.39 is 0 Å². The number of nitrogens with zero attached hydrogens (tertiary/aromatic N) is 5. The molecule has 0 radical (unpaired) electrons. The summed E-state index contributed by atoms with van der Waals surface area (Å²) in [4.78, 5) is 91.1. The average molecular weight is 1190 g/mol. The Morgan fingerprint density at radius 3 is 2.16 bits per heavy atom. The van der Waals surface area contributed by atoms with Gasteiger partial charge >= 0.3 is 0 Å². The van der Waals surface area contributed by atoms with Crippen molar-refractivity contribution in [3.05, 3.63) is 148 Å². The van der Waals surface area contributed by atoms with Crippen LogP contribution in [0.15, 0.2) is 108 Å². The summed E-state index contributed by atoms with van der Waals surface area (Å²) in [6.45, 7) is 10.7. The zero-order valence-corrected chi connectivity index (χ0v) is 50.7. The van der Waals surface area contributed by atoms with Gasteiger partial charge in [0, 0.05) is 109 Å². The van der Waals surface area contributed by atoms with Gasteiger partial charge in [0.25, 0.3) is 23.6 Å². The Morgan fingerprint density at radius 2 is 1.44 bits per heavy atom. The summed E-state index contributed by atoms with van der Waals surface area (Å²) in [6.07, 6.45) is 9.97. The molecule has 5 aliphatic heterocycles. The third kappa shape index (κ3) is 14.5. The number of hydrogen-bond donors (Lipinski definition) is 1. The fourth-order valence-electron chi connectivity index (χ4n) is 11.4. The smallest absolute Gasteiger partial charge is 0.261 e. The molecule has 0 saturated carbocycles. The quantitative estimate of drug-likeness (QED) is 0.0284. The van der Waals surface area contributed by atoms with E-state index in [0.717, 1.165) is 69.8 Å². The first kappa shape index (κ1) is 60.7. The van der Waals surface area contributed by atoms with E-state index in [4.69, 9.17) is 28.7 Å². The summed E-state index contributed by atoms with van der Waals surface area (Å²) < 4.78 is 30.7. The molecule has 0 unspecified atom stereocenters. The minimum atomic E-state index is -0.377. The molecule has 19 heteroatoms. The average Bonchev–Trinajstić information content (AvgIpc) is 2.02. The molecule has 6 amide bonds. The Bertz CT molecular complexity index is 3380. The number of hydrogen-bond acceptors (Lipinski definition) is 14. The van der Waals surface area contributed by atoms with E-state index in [1.807, 2.05) is 90.8 Å². The maximum atomic E-state index is 14.8. The molecule has 446 valence electrons. The lowest BCUT2D eigenvalue weighted by Gasteiger charge is -2.27. The number of fused-ring (bicyclic) bond motifs is 8. The molecule has 5 aromatic rings. The van der Waals surface area contributed by atoms with Crippen molar-refractivity contribution in [2.75, 3.05) is 73.6 Å². The molecule has 5 aromatic carbocycles. The van der Waals surface area contributed by atoms with Crippen molar-refractivity contribution >= 4 is 86.0 Å². The molecule has 85 heavy (non-hydrogen) atoms. The molecule has 0 aliphatic carbocycles. The molecule has 5 aliphatic rings. The third-order valence-corrected chi connectivity index (χ3v) is 19.3. The van der Waals surface area contributed by atoms with E-state index in [0.29, 0.717) is 91.0 Å². The van der Waals surface area contributed by atoms with Crippen LogP contribution in [0.5, 0.6) is 17.2 Å². The maximum Gasteiger partial charge on any atom is 0.261 e. The summed E-state index contributed by atoms with van der Waals surface area (Å²) in [5, 5.41) is 2.80. The van der Waals surface area contributed by atoms with Crippen LogP contribution in [0.1, 0.15) is 113 Å². The number of aryl methyl sites for hydroxylation is 2. The minimum Gasteiger partial charge on any atom is -0.493 e. The second-order valence-corrected chi connectivity index (χ2v) is 25.6. The number of amides is 6. The van der Waals surface area contributed by atoms with Crippen molar-refractivity contribution in [3.8, 4) is 17.2 Å². The molecular weight excluding hydrogens is 1120 g/mol. The predicted molar refractivity (Wildman–Crippen MR) is 333 cm³/mol. The van der Waals surface area contributed by atoms with Gasteiger partial charge in [-0.25, -0.2) is 0 Å². The van der Waals surface area contributed by atoms with Gasteiger partial charge in [-0.15, -0.1) is 0 Å². The monoisotopic (exact) mass is 1190 g/mol. The van der Waals surface area contributed by atoms with E-state index >= 15 is 0 Å². The van der Waals surface area contributed by atoms with Crippen LogP contribution in [0, 0.1) is 6.92 Å². The molecule has 0 fully saturated rings. The zero-order valence-electron chi connectivity index (χ0n) is 49.0. The summed E-state index contributed by atoms with van der Waals surface area (Å²) in [6, 6.07) is 29.3. The van der Waals surface area contributed by atoms with E-state index in [9.17, 15) is 28.8 Å². The number of ether oxygens (including phenoxy) is 5. The second kappa shape index (κ2) is 27.7. The van der Waals surface area contributed by atoms with Gasteiger partial charge in [-0.2, -0.15) is 0 Å². The topological polar surface area (TPSA) is 186 Å². The highest BCUT2D eigenvalue weighted by Gasteiger charge is 2.39. The number of carbonyl (C=O) groups is 6. The van der Waals surface area contributed by atoms with Crippen LogP contribution in [0.2, 0.25) is 0 Å². The van der Waals surface area contributed by atoms with Crippen molar-refractivity contribution in [2.24, 2.45) is 4.99 Å². The lowest BCUT2D eigenvalue weighted by atomic mass is 9.98. The highest BCUT2D eigenvalue weighted by atomic mass is 33.1. The zero-order chi connectivity index (χ0) is 59.6. The fraction of sp³-hybridized carbons (Fsp3) is 0.409. The first-order valence-corrected chi connectivity index (χ1v) is 31.7. The summed E-state index contributed by atoms with van der Waals surface area (Å²) >= 11 is 0. The van der Waals surface area contributed by atoms with E-state index in [-0.39, 0.29) is 98.1 Å². The summed E-state index contributed by atoms with van der Waals surface area (Å²) in [7, 11) is 4.88. The number of imide groups is 1. The number of anilines is 3.